The second-order valence-electron chi connectivity index (χ2n) is 5.08. The van der Waals surface area contributed by atoms with Crippen molar-refractivity contribution in [2.45, 2.75) is 17.6 Å². The summed E-state index contributed by atoms with van der Waals surface area (Å²) in [5, 5.41) is 0.205. The number of aryl methyl sites for hydroxylation is 1. The van der Waals surface area contributed by atoms with Crippen LogP contribution in [0.1, 0.15) is 11.5 Å². The second kappa shape index (κ2) is 6.18. The zero-order valence-electron chi connectivity index (χ0n) is 12.4. The van der Waals surface area contributed by atoms with Crippen molar-refractivity contribution < 1.29 is 12.8 Å². The lowest BCUT2D eigenvalue weighted by atomic mass is 10.2. The van der Waals surface area contributed by atoms with Gasteiger partial charge in [0.05, 0.1) is 15.6 Å². The largest absolute Gasteiger partial charge is 0.441 e. The first-order chi connectivity index (χ1) is 11.0. The molecule has 0 bridgehead atoms. The summed E-state index contributed by atoms with van der Waals surface area (Å²) in [6.45, 7) is 1.71. The number of nitrogens with zero attached hydrogens (tertiary/aromatic N) is 1. The minimum atomic E-state index is -3.59. The molecule has 0 atom stereocenters. The van der Waals surface area contributed by atoms with Crippen LogP contribution in [0.25, 0.3) is 11.5 Å². The zero-order valence-corrected chi connectivity index (χ0v) is 13.9. The van der Waals surface area contributed by atoms with Gasteiger partial charge in [-0.25, -0.2) is 13.4 Å². The molecule has 3 aromatic rings. The monoisotopic (exact) mass is 347 g/mol. The number of benzene rings is 2. The third kappa shape index (κ3) is 3.30. The third-order valence-electron chi connectivity index (χ3n) is 3.41. The molecule has 0 amide bonds. The summed E-state index contributed by atoms with van der Waals surface area (Å²) >= 11 is 5.99. The topological polar surface area (TPSA) is 60.2 Å². The van der Waals surface area contributed by atoms with E-state index in [2.05, 4.69) is 4.98 Å². The van der Waals surface area contributed by atoms with Gasteiger partial charge in [-0.15, -0.1) is 0 Å². The van der Waals surface area contributed by atoms with Gasteiger partial charge in [-0.1, -0.05) is 41.9 Å². The fraction of sp³-hybridized carbons (Fsp3) is 0.118. The lowest BCUT2D eigenvalue weighted by Crippen LogP contribution is -2.06. The van der Waals surface area contributed by atoms with E-state index in [0.717, 1.165) is 5.56 Å². The molecule has 0 N–H and O–H groups in total. The van der Waals surface area contributed by atoms with Crippen LogP contribution in [-0.2, 0) is 15.6 Å². The molecule has 0 radical (unpaired) electrons. The maximum Gasteiger partial charge on any atom is 0.226 e. The van der Waals surface area contributed by atoms with E-state index in [9.17, 15) is 8.42 Å². The average molecular weight is 348 g/mol. The molecule has 1 aromatic heterocycles. The fourth-order valence-corrected chi connectivity index (χ4v) is 4.14. The molecule has 0 fully saturated rings. The fourth-order valence-electron chi connectivity index (χ4n) is 2.22. The van der Waals surface area contributed by atoms with Gasteiger partial charge < -0.3 is 4.42 Å². The SMILES string of the molecule is Cc1oc(-c2ccccc2)nc1CS(=O)(=O)c1ccccc1Cl. The highest BCUT2D eigenvalue weighted by Gasteiger charge is 2.22. The molecule has 0 aliphatic carbocycles. The normalized spacial score (nSPS) is 11.6. The standard InChI is InChI=1S/C17H14ClNO3S/c1-12-15(19-17(22-12)13-7-3-2-4-8-13)11-23(20,21)16-10-6-5-9-14(16)18/h2-10H,11H2,1H3. The van der Waals surface area contributed by atoms with Gasteiger partial charge in [-0.3, -0.25) is 0 Å². The molecule has 0 unspecified atom stereocenters. The summed E-state index contributed by atoms with van der Waals surface area (Å²) in [7, 11) is -3.59. The predicted octanol–water partition coefficient (Wildman–Crippen LogP) is 4.28. The summed E-state index contributed by atoms with van der Waals surface area (Å²) in [4.78, 5) is 4.43. The van der Waals surface area contributed by atoms with E-state index in [0.29, 0.717) is 17.3 Å². The lowest BCUT2D eigenvalue weighted by molar-refractivity contribution is 0.539. The highest BCUT2D eigenvalue weighted by atomic mass is 35.5. The van der Waals surface area contributed by atoms with Crippen LogP contribution >= 0.6 is 11.6 Å². The Morgan fingerprint density at radius 1 is 1.04 bits per heavy atom. The predicted molar refractivity (Wildman–Crippen MR) is 89.0 cm³/mol. The van der Waals surface area contributed by atoms with Gasteiger partial charge in [0.25, 0.3) is 0 Å². The van der Waals surface area contributed by atoms with Crippen LogP contribution in [0.2, 0.25) is 5.02 Å². The molecule has 0 saturated carbocycles. The van der Waals surface area contributed by atoms with Gasteiger partial charge in [0.15, 0.2) is 9.84 Å². The van der Waals surface area contributed by atoms with Crippen molar-refractivity contribution in [2.24, 2.45) is 0 Å². The van der Waals surface area contributed by atoms with E-state index in [1.54, 1.807) is 25.1 Å². The number of halogens is 1. The Morgan fingerprint density at radius 2 is 1.70 bits per heavy atom. The molecule has 4 nitrogen and oxygen atoms in total. The molecular weight excluding hydrogens is 334 g/mol. The first-order valence-corrected chi connectivity index (χ1v) is 8.99. The van der Waals surface area contributed by atoms with E-state index in [-0.39, 0.29) is 15.7 Å². The Morgan fingerprint density at radius 3 is 2.39 bits per heavy atom. The van der Waals surface area contributed by atoms with Crippen LogP contribution in [0.4, 0.5) is 0 Å². The van der Waals surface area contributed by atoms with Crippen molar-refractivity contribution in [3.05, 3.63) is 71.1 Å². The molecule has 118 valence electrons. The van der Waals surface area contributed by atoms with Gasteiger partial charge >= 0.3 is 0 Å². The number of oxazole rings is 1. The van der Waals surface area contributed by atoms with Crippen molar-refractivity contribution >= 4 is 21.4 Å². The van der Waals surface area contributed by atoms with E-state index >= 15 is 0 Å². The molecule has 6 heteroatoms. The summed E-state index contributed by atoms with van der Waals surface area (Å²) in [6.07, 6.45) is 0. The Kier molecular flexibility index (Phi) is 4.24. The van der Waals surface area contributed by atoms with Gasteiger partial charge in [0.1, 0.15) is 11.5 Å². The van der Waals surface area contributed by atoms with E-state index in [1.165, 1.54) is 6.07 Å². The average Bonchev–Trinajstić information content (AvgIpc) is 2.89. The van der Waals surface area contributed by atoms with Crippen molar-refractivity contribution in [2.75, 3.05) is 0 Å². The number of aromatic nitrogens is 1. The maximum atomic E-state index is 12.6. The van der Waals surface area contributed by atoms with E-state index < -0.39 is 9.84 Å². The van der Waals surface area contributed by atoms with Crippen LogP contribution in [-0.4, -0.2) is 13.4 Å². The molecule has 3 rings (SSSR count). The van der Waals surface area contributed by atoms with Gasteiger partial charge in [0.2, 0.25) is 5.89 Å². The summed E-state index contributed by atoms with van der Waals surface area (Å²) < 4.78 is 30.7. The highest BCUT2D eigenvalue weighted by molar-refractivity contribution is 7.90. The second-order valence-corrected chi connectivity index (χ2v) is 7.44. The van der Waals surface area contributed by atoms with Crippen LogP contribution in [0.15, 0.2) is 63.9 Å². The molecule has 2 aromatic carbocycles. The number of rotatable bonds is 4. The molecule has 1 heterocycles. The quantitative estimate of drug-likeness (QED) is 0.706. The van der Waals surface area contributed by atoms with E-state index in [4.69, 9.17) is 16.0 Å². The van der Waals surface area contributed by atoms with Crippen LogP contribution in [0, 0.1) is 6.92 Å². The van der Waals surface area contributed by atoms with Crippen molar-refractivity contribution in [1.82, 2.24) is 4.98 Å². The Bertz CT molecular complexity index is 933. The minimum absolute atomic E-state index is 0.102. The highest BCUT2D eigenvalue weighted by Crippen LogP contribution is 2.27. The Balaban J connectivity index is 1.95. The third-order valence-corrected chi connectivity index (χ3v) is 5.53. The summed E-state index contributed by atoms with van der Waals surface area (Å²) in [6, 6.07) is 15.7. The summed E-state index contributed by atoms with van der Waals surface area (Å²) in [5.74, 6) is 0.644. The van der Waals surface area contributed by atoms with Gasteiger partial charge in [0, 0.05) is 5.56 Å². The van der Waals surface area contributed by atoms with Gasteiger partial charge in [-0.2, -0.15) is 0 Å². The summed E-state index contributed by atoms with van der Waals surface area (Å²) in [5.41, 5.74) is 1.20. The van der Waals surface area contributed by atoms with Crippen LogP contribution in [0.3, 0.4) is 0 Å². The van der Waals surface area contributed by atoms with Crippen LogP contribution < -0.4 is 0 Å². The Hall–Kier alpha value is -2.11. The molecule has 0 spiro atoms. The smallest absolute Gasteiger partial charge is 0.226 e. The maximum absolute atomic E-state index is 12.6. The van der Waals surface area contributed by atoms with Crippen LogP contribution in [0.5, 0.6) is 0 Å². The number of hydrogen-bond acceptors (Lipinski definition) is 4. The molecule has 0 aliphatic heterocycles. The first kappa shape index (κ1) is 15.8. The lowest BCUT2D eigenvalue weighted by Gasteiger charge is -2.04. The molecular formula is C17H14ClNO3S. The Labute approximate surface area is 139 Å². The molecule has 0 aliphatic rings. The zero-order chi connectivity index (χ0) is 16.4. The van der Waals surface area contributed by atoms with Crippen molar-refractivity contribution in [3.63, 3.8) is 0 Å². The number of sulfone groups is 1. The van der Waals surface area contributed by atoms with Crippen molar-refractivity contribution in [3.8, 4) is 11.5 Å². The first-order valence-electron chi connectivity index (χ1n) is 6.96. The van der Waals surface area contributed by atoms with Gasteiger partial charge in [-0.05, 0) is 31.2 Å². The number of hydrogen-bond donors (Lipinski definition) is 0. The van der Waals surface area contributed by atoms with E-state index in [1.807, 2.05) is 30.3 Å². The van der Waals surface area contributed by atoms with Crippen molar-refractivity contribution in [1.29, 1.82) is 0 Å². The molecule has 23 heavy (non-hydrogen) atoms. The minimum Gasteiger partial charge on any atom is -0.441 e. The molecule has 0 saturated heterocycles.